The highest BCUT2D eigenvalue weighted by Gasteiger charge is 2.31. The Morgan fingerprint density at radius 3 is 2.16 bits per heavy atom. The van der Waals surface area contributed by atoms with Crippen LogP contribution in [0.25, 0.3) is 0 Å². The van der Waals surface area contributed by atoms with E-state index in [4.69, 9.17) is 0 Å². The standard InChI is InChI=1S/C23H31N3O4S/c1-5-19-14-10-11-15-21(19)26(31(4,29)30)17-22(27)25(20(6-2)23(28)24-3)16-18-12-8-7-9-13-18/h7-15,20H,5-6,16-17H2,1-4H3,(H,24,28)/t20-/m0/s1. The van der Waals surface area contributed by atoms with Gasteiger partial charge in [-0.3, -0.25) is 13.9 Å². The zero-order valence-corrected chi connectivity index (χ0v) is 19.4. The molecule has 0 aliphatic carbocycles. The summed E-state index contributed by atoms with van der Waals surface area (Å²) >= 11 is 0. The van der Waals surface area contributed by atoms with Gasteiger partial charge in [-0.05, 0) is 30.0 Å². The van der Waals surface area contributed by atoms with Crippen LogP contribution in [0.5, 0.6) is 0 Å². The lowest BCUT2D eigenvalue weighted by molar-refractivity contribution is -0.140. The molecule has 2 aromatic carbocycles. The second-order valence-electron chi connectivity index (χ2n) is 7.30. The van der Waals surface area contributed by atoms with Gasteiger partial charge in [0.2, 0.25) is 21.8 Å². The van der Waals surface area contributed by atoms with Gasteiger partial charge < -0.3 is 10.2 Å². The number of likely N-dealkylation sites (N-methyl/N-ethyl adjacent to an activating group) is 1. The third kappa shape index (κ3) is 6.30. The van der Waals surface area contributed by atoms with Crippen molar-refractivity contribution in [2.45, 2.75) is 39.3 Å². The van der Waals surface area contributed by atoms with E-state index in [1.165, 1.54) is 11.9 Å². The smallest absolute Gasteiger partial charge is 0.244 e. The summed E-state index contributed by atoms with van der Waals surface area (Å²) in [6, 6.07) is 15.8. The highest BCUT2D eigenvalue weighted by molar-refractivity contribution is 7.92. The molecule has 0 unspecified atom stereocenters. The lowest BCUT2D eigenvalue weighted by Gasteiger charge is -2.33. The van der Waals surface area contributed by atoms with E-state index >= 15 is 0 Å². The molecule has 8 heteroatoms. The van der Waals surface area contributed by atoms with E-state index in [9.17, 15) is 18.0 Å². The minimum absolute atomic E-state index is 0.207. The number of hydrogen-bond acceptors (Lipinski definition) is 4. The van der Waals surface area contributed by atoms with Gasteiger partial charge in [-0.25, -0.2) is 8.42 Å². The lowest BCUT2D eigenvalue weighted by Crippen LogP contribution is -2.51. The normalized spacial score (nSPS) is 12.1. The first-order chi connectivity index (χ1) is 14.7. The van der Waals surface area contributed by atoms with Crippen LogP contribution in [0, 0.1) is 0 Å². The fraction of sp³-hybridized carbons (Fsp3) is 0.391. The number of carbonyl (C=O) groups excluding carboxylic acids is 2. The molecule has 0 heterocycles. The fourth-order valence-electron chi connectivity index (χ4n) is 3.51. The summed E-state index contributed by atoms with van der Waals surface area (Å²) in [5.41, 5.74) is 2.17. The van der Waals surface area contributed by atoms with Gasteiger partial charge in [0.15, 0.2) is 0 Å². The molecule has 0 aromatic heterocycles. The van der Waals surface area contributed by atoms with Crippen molar-refractivity contribution < 1.29 is 18.0 Å². The van der Waals surface area contributed by atoms with Crippen molar-refractivity contribution in [3.63, 3.8) is 0 Å². The van der Waals surface area contributed by atoms with Crippen LogP contribution in [0.2, 0.25) is 0 Å². The first-order valence-corrected chi connectivity index (χ1v) is 12.2. The summed E-state index contributed by atoms with van der Waals surface area (Å²) in [5, 5.41) is 2.61. The Morgan fingerprint density at radius 2 is 1.61 bits per heavy atom. The molecule has 168 valence electrons. The molecule has 31 heavy (non-hydrogen) atoms. The Balaban J connectivity index is 2.44. The number of nitrogens with zero attached hydrogens (tertiary/aromatic N) is 2. The summed E-state index contributed by atoms with van der Waals surface area (Å²) in [7, 11) is -2.20. The predicted octanol–water partition coefficient (Wildman–Crippen LogP) is 2.57. The van der Waals surface area contributed by atoms with Crippen LogP contribution in [0.1, 0.15) is 31.4 Å². The number of sulfonamides is 1. The Labute approximate surface area is 185 Å². The molecule has 0 aliphatic heterocycles. The molecule has 1 N–H and O–H groups in total. The Morgan fingerprint density at radius 1 is 1.00 bits per heavy atom. The summed E-state index contributed by atoms with van der Waals surface area (Å²) in [5.74, 6) is -0.720. The van der Waals surface area contributed by atoms with Crippen molar-refractivity contribution in [2.75, 3.05) is 24.2 Å². The van der Waals surface area contributed by atoms with E-state index in [0.717, 1.165) is 21.7 Å². The highest BCUT2D eigenvalue weighted by Crippen LogP contribution is 2.24. The van der Waals surface area contributed by atoms with Crippen molar-refractivity contribution >= 4 is 27.5 Å². The maximum atomic E-state index is 13.4. The second kappa shape index (κ2) is 10.9. The van der Waals surface area contributed by atoms with E-state index < -0.39 is 22.0 Å². The van der Waals surface area contributed by atoms with Crippen LogP contribution < -0.4 is 9.62 Å². The number of amides is 2. The predicted molar refractivity (Wildman–Crippen MR) is 123 cm³/mol. The van der Waals surface area contributed by atoms with Gasteiger partial charge in [-0.1, -0.05) is 62.4 Å². The van der Waals surface area contributed by atoms with E-state index in [0.29, 0.717) is 18.5 Å². The number of aryl methyl sites for hydroxylation is 1. The molecule has 0 bridgehead atoms. The number of hydrogen-bond donors (Lipinski definition) is 1. The largest absolute Gasteiger partial charge is 0.357 e. The molecular weight excluding hydrogens is 414 g/mol. The molecule has 1 atom stereocenters. The summed E-state index contributed by atoms with van der Waals surface area (Å²) in [6.45, 7) is 3.59. The zero-order valence-electron chi connectivity index (χ0n) is 18.5. The molecule has 0 aliphatic rings. The fourth-order valence-corrected chi connectivity index (χ4v) is 4.39. The van der Waals surface area contributed by atoms with Crippen LogP contribution in [0.3, 0.4) is 0 Å². The quantitative estimate of drug-likeness (QED) is 0.609. The van der Waals surface area contributed by atoms with Crippen LogP contribution in [0.15, 0.2) is 54.6 Å². The minimum Gasteiger partial charge on any atom is -0.357 e. The molecule has 2 amide bonds. The van der Waals surface area contributed by atoms with Crippen LogP contribution in [-0.4, -0.2) is 51.0 Å². The number of nitrogens with one attached hydrogen (secondary N) is 1. The maximum absolute atomic E-state index is 13.4. The number of carbonyl (C=O) groups is 2. The molecule has 0 spiro atoms. The zero-order chi connectivity index (χ0) is 23.0. The Kier molecular flexibility index (Phi) is 8.62. The van der Waals surface area contributed by atoms with Crippen molar-refractivity contribution in [1.29, 1.82) is 0 Å². The van der Waals surface area contributed by atoms with Gasteiger partial charge in [0.1, 0.15) is 12.6 Å². The summed E-state index contributed by atoms with van der Waals surface area (Å²) in [4.78, 5) is 27.4. The van der Waals surface area contributed by atoms with Crippen molar-refractivity contribution in [2.24, 2.45) is 0 Å². The molecular formula is C23H31N3O4S. The Hall–Kier alpha value is -2.87. The van der Waals surface area contributed by atoms with E-state index in [-0.39, 0.29) is 19.0 Å². The van der Waals surface area contributed by atoms with Crippen molar-refractivity contribution in [1.82, 2.24) is 10.2 Å². The molecule has 2 aromatic rings. The van der Waals surface area contributed by atoms with Crippen LogP contribution >= 0.6 is 0 Å². The topological polar surface area (TPSA) is 86.8 Å². The lowest BCUT2D eigenvalue weighted by atomic mass is 10.1. The number of anilines is 1. The van der Waals surface area contributed by atoms with Gasteiger partial charge in [0, 0.05) is 13.6 Å². The first kappa shape index (κ1) is 24.4. The number of para-hydroxylation sites is 1. The van der Waals surface area contributed by atoms with E-state index in [1.54, 1.807) is 12.1 Å². The third-order valence-corrected chi connectivity index (χ3v) is 6.27. The maximum Gasteiger partial charge on any atom is 0.244 e. The van der Waals surface area contributed by atoms with Crippen molar-refractivity contribution in [3.05, 3.63) is 65.7 Å². The van der Waals surface area contributed by atoms with Crippen molar-refractivity contribution in [3.8, 4) is 0 Å². The van der Waals surface area contributed by atoms with Gasteiger partial charge in [-0.15, -0.1) is 0 Å². The van der Waals surface area contributed by atoms with Gasteiger partial charge in [0.25, 0.3) is 0 Å². The summed E-state index contributed by atoms with van der Waals surface area (Å²) in [6.07, 6.45) is 2.12. The average molecular weight is 446 g/mol. The highest BCUT2D eigenvalue weighted by atomic mass is 32.2. The second-order valence-corrected chi connectivity index (χ2v) is 9.20. The Bertz CT molecular complexity index is 993. The first-order valence-electron chi connectivity index (χ1n) is 10.3. The average Bonchev–Trinajstić information content (AvgIpc) is 2.76. The van der Waals surface area contributed by atoms with E-state index in [2.05, 4.69) is 5.32 Å². The monoisotopic (exact) mass is 445 g/mol. The van der Waals surface area contributed by atoms with E-state index in [1.807, 2.05) is 56.3 Å². The van der Waals surface area contributed by atoms with Gasteiger partial charge in [-0.2, -0.15) is 0 Å². The SMILES string of the molecule is CCc1ccccc1N(CC(=O)N(Cc1ccccc1)[C@@H](CC)C(=O)NC)S(C)(=O)=O. The number of benzene rings is 2. The van der Waals surface area contributed by atoms with Gasteiger partial charge >= 0.3 is 0 Å². The molecule has 0 saturated heterocycles. The molecule has 2 rings (SSSR count). The van der Waals surface area contributed by atoms with Crippen LogP contribution in [0.4, 0.5) is 5.69 Å². The van der Waals surface area contributed by atoms with Gasteiger partial charge in [0.05, 0.1) is 11.9 Å². The third-order valence-electron chi connectivity index (χ3n) is 5.15. The number of rotatable bonds is 10. The van der Waals surface area contributed by atoms with Crippen LogP contribution in [-0.2, 0) is 32.6 Å². The summed E-state index contributed by atoms with van der Waals surface area (Å²) < 4.78 is 26.4. The molecule has 0 saturated carbocycles. The molecule has 7 nitrogen and oxygen atoms in total. The minimum atomic E-state index is -3.72. The molecule has 0 fully saturated rings. The molecule has 0 radical (unpaired) electrons.